The van der Waals surface area contributed by atoms with Gasteiger partial charge in [-0.2, -0.15) is 0 Å². The van der Waals surface area contributed by atoms with Crippen molar-refractivity contribution >= 4 is 34.7 Å². The smallest absolute Gasteiger partial charge is 0.293 e. The second kappa shape index (κ2) is 6.09. The summed E-state index contributed by atoms with van der Waals surface area (Å²) in [4.78, 5) is 38.9. The molecular formula is C15H11N3O4S. The molecular weight excluding hydrogens is 318 g/mol. The first-order valence-electron chi connectivity index (χ1n) is 6.66. The summed E-state index contributed by atoms with van der Waals surface area (Å²) in [6.45, 7) is 0.0880. The van der Waals surface area contributed by atoms with Crippen LogP contribution >= 0.6 is 11.8 Å². The third kappa shape index (κ3) is 3.16. The summed E-state index contributed by atoms with van der Waals surface area (Å²) in [6.07, 6.45) is 3.35. The summed E-state index contributed by atoms with van der Waals surface area (Å²) in [7, 11) is 0. The summed E-state index contributed by atoms with van der Waals surface area (Å²) in [5.41, 5.74) is 1.36. The Morgan fingerprint density at radius 3 is 2.57 bits per heavy atom. The van der Waals surface area contributed by atoms with E-state index < -0.39 is 4.92 Å². The van der Waals surface area contributed by atoms with Crippen molar-refractivity contribution in [1.82, 2.24) is 9.88 Å². The van der Waals surface area contributed by atoms with Gasteiger partial charge in [0.05, 0.1) is 16.4 Å². The molecule has 1 aliphatic rings. The summed E-state index contributed by atoms with van der Waals surface area (Å²) >= 11 is 0.878. The Labute approximate surface area is 135 Å². The largest absolute Gasteiger partial charge is 0.362 e. The second-order valence-electron chi connectivity index (χ2n) is 4.82. The van der Waals surface area contributed by atoms with Crippen molar-refractivity contribution in [3.63, 3.8) is 0 Å². The van der Waals surface area contributed by atoms with Crippen LogP contribution in [0.2, 0.25) is 0 Å². The highest BCUT2D eigenvalue weighted by Crippen LogP contribution is 2.33. The first kappa shape index (κ1) is 15.0. The van der Waals surface area contributed by atoms with Crippen molar-refractivity contribution in [3.05, 3.63) is 68.9 Å². The van der Waals surface area contributed by atoms with Crippen molar-refractivity contribution < 1.29 is 14.5 Å². The number of H-pyrrole nitrogens is 1. The molecule has 3 rings (SSSR count). The highest BCUT2D eigenvalue weighted by Gasteiger charge is 2.35. The topological polar surface area (TPSA) is 96.3 Å². The number of hydrogen-bond donors (Lipinski definition) is 1. The van der Waals surface area contributed by atoms with E-state index in [1.807, 2.05) is 0 Å². The van der Waals surface area contributed by atoms with Crippen LogP contribution in [-0.2, 0) is 11.3 Å². The molecule has 1 saturated heterocycles. The number of nitro groups is 1. The van der Waals surface area contributed by atoms with Crippen LogP contribution in [0.25, 0.3) is 6.08 Å². The van der Waals surface area contributed by atoms with Crippen LogP contribution in [-0.4, -0.2) is 26.0 Å². The maximum absolute atomic E-state index is 12.3. The number of rotatable bonds is 4. The lowest BCUT2D eigenvalue weighted by atomic mass is 10.2. The van der Waals surface area contributed by atoms with E-state index in [-0.39, 0.29) is 23.4 Å². The van der Waals surface area contributed by atoms with Crippen molar-refractivity contribution in [3.8, 4) is 0 Å². The molecule has 0 spiro atoms. The van der Waals surface area contributed by atoms with Gasteiger partial charge in [-0.1, -0.05) is 12.1 Å². The lowest BCUT2D eigenvalue weighted by Gasteiger charge is -2.12. The lowest BCUT2D eigenvalue weighted by Crippen LogP contribution is -2.27. The zero-order chi connectivity index (χ0) is 16.4. The zero-order valence-electron chi connectivity index (χ0n) is 11.8. The summed E-state index contributed by atoms with van der Waals surface area (Å²) in [6, 6.07) is 9.37. The fourth-order valence-corrected chi connectivity index (χ4v) is 2.95. The number of nitrogens with one attached hydrogen (secondary N) is 1. The summed E-state index contributed by atoms with van der Waals surface area (Å²) in [5, 5.41) is 10.3. The summed E-state index contributed by atoms with van der Waals surface area (Å²) < 4.78 is 0. The molecule has 1 aromatic heterocycles. The molecule has 1 aromatic carbocycles. The minimum atomic E-state index is -0.497. The normalized spacial score (nSPS) is 16.3. The zero-order valence-corrected chi connectivity index (χ0v) is 12.6. The number of thioether (sulfide) groups is 1. The van der Waals surface area contributed by atoms with E-state index in [0.29, 0.717) is 10.5 Å². The van der Waals surface area contributed by atoms with Gasteiger partial charge < -0.3 is 4.98 Å². The van der Waals surface area contributed by atoms with Crippen LogP contribution < -0.4 is 0 Å². The Morgan fingerprint density at radius 1 is 1.22 bits per heavy atom. The lowest BCUT2D eigenvalue weighted by molar-refractivity contribution is -0.384. The third-order valence-electron chi connectivity index (χ3n) is 3.27. The van der Waals surface area contributed by atoms with Crippen molar-refractivity contribution in [1.29, 1.82) is 0 Å². The predicted octanol–water partition coefficient (Wildman–Crippen LogP) is 3.16. The molecule has 0 bridgehead atoms. The van der Waals surface area contributed by atoms with E-state index >= 15 is 0 Å². The Kier molecular flexibility index (Phi) is 3.98. The SMILES string of the molecule is O=C1S/C(=C/c2ccc[nH]2)C(=O)N1Cc1ccc([N+](=O)[O-])cc1. The van der Waals surface area contributed by atoms with Gasteiger partial charge >= 0.3 is 0 Å². The van der Waals surface area contributed by atoms with Gasteiger partial charge in [-0.05, 0) is 35.5 Å². The number of carbonyl (C=O) groups excluding carboxylic acids is 2. The van der Waals surface area contributed by atoms with Crippen LogP contribution in [0, 0.1) is 10.1 Å². The number of benzene rings is 1. The van der Waals surface area contributed by atoms with Crippen molar-refractivity contribution in [2.45, 2.75) is 6.54 Å². The Bertz CT molecular complexity index is 797. The van der Waals surface area contributed by atoms with Gasteiger partial charge in [0.1, 0.15) is 0 Å². The fourth-order valence-electron chi connectivity index (χ4n) is 2.12. The monoisotopic (exact) mass is 329 g/mol. The van der Waals surface area contributed by atoms with Gasteiger partial charge in [0, 0.05) is 24.0 Å². The third-order valence-corrected chi connectivity index (χ3v) is 4.18. The minimum absolute atomic E-state index is 0.0328. The molecule has 2 aromatic rings. The quantitative estimate of drug-likeness (QED) is 0.528. The van der Waals surface area contributed by atoms with E-state index in [1.165, 1.54) is 24.3 Å². The number of aromatic nitrogens is 1. The van der Waals surface area contributed by atoms with Gasteiger partial charge in [-0.15, -0.1) is 0 Å². The first-order valence-corrected chi connectivity index (χ1v) is 7.48. The number of amides is 2. The van der Waals surface area contributed by atoms with E-state index in [1.54, 1.807) is 24.4 Å². The van der Waals surface area contributed by atoms with Gasteiger partial charge in [-0.3, -0.25) is 24.6 Å². The van der Waals surface area contributed by atoms with Gasteiger partial charge in [0.25, 0.3) is 16.8 Å². The van der Waals surface area contributed by atoms with E-state index in [2.05, 4.69) is 4.98 Å². The molecule has 1 fully saturated rings. The van der Waals surface area contributed by atoms with E-state index in [9.17, 15) is 19.7 Å². The number of carbonyl (C=O) groups is 2. The van der Waals surface area contributed by atoms with Crippen LogP contribution in [0.3, 0.4) is 0 Å². The number of hydrogen-bond acceptors (Lipinski definition) is 5. The second-order valence-corrected chi connectivity index (χ2v) is 5.81. The predicted molar refractivity (Wildman–Crippen MR) is 85.4 cm³/mol. The van der Waals surface area contributed by atoms with Gasteiger partial charge in [0.2, 0.25) is 0 Å². The fraction of sp³-hybridized carbons (Fsp3) is 0.0667. The molecule has 7 nitrogen and oxygen atoms in total. The molecule has 23 heavy (non-hydrogen) atoms. The molecule has 0 aliphatic carbocycles. The average Bonchev–Trinajstić information content (AvgIpc) is 3.12. The van der Waals surface area contributed by atoms with Crippen LogP contribution in [0.4, 0.5) is 10.5 Å². The standard InChI is InChI=1S/C15H11N3O4S/c19-14-13(8-11-2-1-7-16-11)23-15(20)17(14)9-10-3-5-12(6-4-10)18(21)22/h1-8,16H,9H2/b13-8+. The number of nitrogens with zero attached hydrogens (tertiary/aromatic N) is 2. The number of aromatic amines is 1. The van der Waals surface area contributed by atoms with Crippen LogP contribution in [0.15, 0.2) is 47.5 Å². The van der Waals surface area contributed by atoms with Gasteiger partial charge in [0.15, 0.2) is 0 Å². The van der Waals surface area contributed by atoms with E-state index in [0.717, 1.165) is 22.4 Å². The minimum Gasteiger partial charge on any atom is -0.362 e. The Balaban J connectivity index is 1.77. The van der Waals surface area contributed by atoms with Crippen molar-refractivity contribution in [2.24, 2.45) is 0 Å². The Morgan fingerprint density at radius 2 is 1.96 bits per heavy atom. The molecule has 0 saturated carbocycles. The van der Waals surface area contributed by atoms with Gasteiger partial charge in [-0.25, -0.2) is 0 Å². The maximum atomic E-state index is 12.3. The molecule has 2 amide bonds. The van der Waals surface area contributed by atoms with Crippen LogP contribution in [0.1, 0.15) is 11.3 Å². The highest BCUT2D eigenvalue weighted by atomic mass is 32.2. The highest BCUT2D eigenvalue weighted by molar-refractivity contribution is 8.18. The molecule has 0 atom stereocenters. The maximum Gasteiger partial charge on any atom is 0.293 e. The molecule has 1 aliphatic heterocycles. The van der Waals surface area contributed by atoms with Crippen molar-refractivity contribution in [2.75, 3.05) is 0 Å². The molecule has 116 valence electrons. The Hall–Kier alpha value is -2.87. The molecule has 0 radical (unpaired) electrons. The van der Waals surface area contributed by atoms with Crippen LogP contribution in [0.5, 0.6) is 0 Å². The summed E-state index contributed by atoms with van der Waals surface area (Å²) in [5.74, 6) is -0.368. The number of imide groups is 1. The molecule has 0 unspecified atom stereocenters. The number of nitro benzene ring substituents is 1. The molecule has 8 heteroatoms. The molecule has 2 heterocycles. The average molecular weight is 329 g/mol. The first-order chi connectivity index (χ1) is 11.0. The molecule has 1 N–H and O–H groups in total. The van der Waals surface area contributed by atoms with E-state index in [4.69, 9.17) is 0 Å². The number of non-ortho nitro benzene ring substituents is 1.